The molecule has 1 N–H and O–H groups in total. The van der Waals surface area contributed by atoms with Gasteiger partial charge in [-0.1, -0.05) is 44.5 Å². The van der Waals surface area contributed by atoms with Crippen molar-refractivity contribution < 1.29 is 8.42 Å². The molecule has 1 aromatic carbocycles. The Morgan fingerprint density at radius 2 is 1.70 bits per heavy atom. The summed E-state index contributed by atoms with van der Waals surface area (Å²) in [6, 6.07) is 7.74. The largest absolute Gasteiger partial charge is 0.306 e. The Bertz CT molecular complexity index is 511. The van der Waals surface area contributed by atoms with Crippen LogP contribution >= 0.6 is 11.6 Å². The summed E-state index contributed by atoms with van der Waals surface area (Å²) in [4.78, 5) is 0. The predicted molar refractivity (Wildman–Crippen MR) is 86.0 cm³/mol. The molecule has 0 saturated carbocycles. The van der Waals surface area contributed by atoms with E-state index in [-0.39, 0.29) is 23.6 Å². The molecule has 0 bridgehead atoms. The standard InChI is InChI=1S/C15H24ClNO2S/c1-5-20(18,19)10-12(4)17-15(11(2)3)13-6-8-14(16)9-7-13/h6-9,11-12,15,17H,5,10H2,1-4H3. The minimum absolute atomic E-state index is 0.0805. The van der Waals surface area contributed by atoms with Gasteiger partial charge in [-0.05, 0) is 30.5 Å². The minimum Gasteiger partial charge on any atom is -0.306 e. The van der Waals surface area contributed by atoms with Gasteiger partial charge in [0, 0.05) is 22.9 Å². The van der Waals surface area contributed by atoms with Crippen LogP contribution in [0, 0.1) is 5.92 Å². The Hall–Kier alpha value is -0.580. The van der Waals surface area contributed by atoms with Crippen molar-refractivity contribution in [1.82, 2.24) is 5.32 Å². The topological polar surface area (TPSA) is 46.2 Å². The zero-order valence-corrected chi connectivity index (χ0v) is 14.1. The summed E-state index contributed by atoms with van der Waals surface area (Å²) >= 11 is 5.91. The van der Waals surface area contributed by atoms with Crippen LogP contribution in [-0.4, -0.2) is 26.0 Å². The molecule has 1 aromatic rings. The molecule has 0 heterocycles. The fraction of sp³-hybridized carbons (Fsp3) is 0.600. The molecule has 0 aliphatic rings. The van der Waals surface area contributed by atoms with E-state index in [1.165, 1.54) is 0 Å². The van der Waals surface area contributed by atoms with E-state index < -0.39 is 9.84 Å². The van der Waals surface area contributed by atoms with Gasteiger partial charge in [0.05, 0.1) is 5.75 Å². The van der Waals surface area contributed by atoms with E-state index >= 15 is 0 Å². The van der Waals surface area contributed by atoms with Crippen LogP contribution in [-0.2, 0) is 9.84 Å². The van der Waals surface area contributed by atoms with E-state index in [4.69, 9.17) is 11.6 Å². The Balaban J connectivity index is 2.80. The smallest absolute Gasteiger partial charge is 0.151 e. The van der Waals surface area contributed by atoms with Crippen LogP contribution in [0.3, 0.4) is 0 Å². The first kappa shape index (κ1) is 17.5. The van der Waals surface area contributed by atoms with Gasteiger partial charge >= 0.3 is 0 Å². The van der Waals surface area contributed by atoms with Gasteiger partial charge in [-0.15, -0.1) is 0 Å². The van der Waals surface area contributed by atoms with Crippen molar-refractivity contribution in [2.75, 3.05) is 11.5 Å². The number of hydrogen-bond donors (Lipinski definition) is 1. The van der Waals surface area contributed by atoms with E-state index in [0.717, 1.165) is 5.56 Å². The summed E-state index contributed by atoms with van der Waals surface area (Å²) in [7, 11) is -2.96. The molecule has 0 aliphatic carbocycles. The van der Waals surface area contributed by atoms with Gasteiger partial charge in [0.25, 0.3) is 0 Å². The lowest BCUT2D eigenvalue weighted by Crippen LogP contribution is -2.38. The normalized spacial score (nSPS) is 15.3. The van der Waals surface area contributed by atoms with Gasteiger partial charge in [-0.25, -0.2) is 8.42 Å². The first-order valence-electron chi connectivity index (χ1n) is 6.97. The number of halogens is 1. The van der Waals surface area contributed by atoms with Gasteiger partial charge in [0.1, 0.15) is 0 Å². The van der Waals surface area contributed by atoms with Gasteiger partial charge in [0.2, 0.25) is 0 Å². The maximum Gasteiger partial charge on any atom is 0.151 e. The Morgan fingerprint density at radius 3 is 2.15 bits per heavy atom. The highest BCUT2D eigenvalue weighted by molar-refractivity contribution is 7.91. The molecule has 3 nitrogen and oxygen atoms in total. The van der Waals surface area contributed by atoms with Crippen LogP contribution in [0.15, 0.2) is 24.3 Å². The Kier molecular flexibility index (Phi) is 6.49. The molecule has 0 amide bonds. The maximum absolute atomic E-state index is 11.7. The number of sulfone groups is 1. The Labute approximate surface area is 127 Å². The van der Waals surface area contributed by atoms with Crippen molar-refractivity contribution in [3.05, 3.63) is 34.9 Å². The third kappa shape index (κ3) is 5.43. The molecule has 1 rings (SSSR count). The van der Waals surface area contributed by atoms with Crippen LogP contribution in [0.1, 0.15) is 39.3 Å². The van der Waals surface area contributed by atoms with Crippen LogP contribution in [0.4, 0.5) is 0 Å². The lowest BCUT2D eigenvalue weighted by Gasteiger charge is -2.27. The second-order valence-electron chi connectivity index (χ2n) is 5.54. The van der Waals surface area contributed by atoms with E-state index in [9.17, 15) is 8.42 Å². The van der Waals surface area contributed by atoms with Crippen LogP contribution in [0.2, 0.25) is 5.02 Å². The van der Waals surface area contributed by atoms with E-state index in [1.807, 2.05) is 31.2 Å². The molecule has 0 spiro atoms. The zero-order chi connectivity index (χ0) is 15.3. The van der Waals surface area contributed by atoms with Crippen molar-refractivity contribution in [3.8, 4) is 0 Å². The number of benzene rings is 1. The first-order valence-corrected chi connectivity index (χ1v) is 9.17. The van der Waals surface area contributed by atoms with Crippen LogP contribution in [0.5, 0.6) is 0 Å². The van der Waals surface area contributed by atoms with Crippen molar-refractivity contribution in [1.29, 1.82) is 0 Å². The van der Waals surface area contributed by atoms with E-state index in [2.05, 4.69) is 19.2 Å². The van der Waals surface area contributed by atoms with Gasteiger partial charge in [0.15, 0.2) is 9.84 Å². The highest BCUT2D eigenvalue weighted by Crippen LogP contribution is 2.24. The summed E-state index contributed by atoms with van der Waals surface area (Å²) in [5.41, 5.74) is 1.13. The average Bonchev–Trinajstić information content (AvgIpc) is 2.36. The lowest BCUT2D eigenvalue weighted by molar-refractivity contribution is 0.381. The lowest BCUT2D eigenvalue weighted by atomic mass is 9.95. The van der Waals surface area contributed by atoms with Gasteiger partial charge < -0.3 is 5.32 Å². The molecule has 0 radical (unpaired) electrons. The second kappa shape index (κ2) is 7.43. The quantitative estimate of drug-likeness (QED) is 0.838. The summed E-state index contributed by atoms with van der Waals surface area (Å²) in [6.45, 7) is 7.83. The minimum atomic E-state index is -2.96. The van der Waals surface area contributed by atoms with Crippen molar-refractivity contribution >= 4 is 21.4 Å². The summed E-state index contributed by atoms with van der Waals surface area (Å²) in [5.74, 6) is 0.718. The molecule has 20 heavy (non-hydrogen) atoms. The number of hydrogen-bond acceptors (Lipinski definition) is 3. The molecule has 114 valence electrons. The van der Waals surface area contributed by atoms with Gasteiger partial charge in [-0.3, -0.25) is 0 Å². The SMILES string of the molecule is CCS(=O)(=O)CC(C)NC(c1ccc(Cl)cc1)C(C)C. The zero-order valence-electron chi connectivity index (χ0n) is 12.6. The molecule has 2 atom stereocenters. The predicted octanol–water partition coefficient (Wildman–Crippen LogP) is 3.45. The van der Waals surface area contributed by atoms with Crippen LogP contribution in [0.25, 0.3) is 0 Å². The van der Waals surface area contributed by atoms with Crippen molar-refractivity contribution in [2.45, 2.75) is 39.8 Å². The molecule has 0 saturated heterocycles. The van der Waals surface area contributed by atoms with E-state index in [0.29, 0.717) is 10.9 Å². The fourth-order valence-corrected chi connectivity index (χ4v) is 3.42. The fourth-order valence-electron chi connectivity index (χ4n) is 2.20. The van der Waals surface area contributed by atoms with E-state index in [1.54, 1.807) is 6.92 Å². The summed E-state index contributed by atoms with van der Waals surface area (Å²) in [5, 5.41) is 4.13. The first-order chi connectivity index (χ1) is 9.25. The summed E-state index contributed by atoms with van der Waals surface area (Å²) in [6.07, 6.45) is 0. The second-order valence-corrected chi connectivity index (χ2v) is 8.37. The third-order valence-corrected chi connectivity index (χ3v) is 5.44. The van der Waals surface area contributed by atoms with Gasteiger partial charge in [-0.2, -0.15) is 0 Å². The molecular formula is C15H24ClNO2S. The molecule has 0 fully saturated rings. The molecule has 5 heteroatoms. The monoisotopic (exact) mass is 317 g/mol. The molecular weight excluding hydrogens is 294 g/mol. The molecule has 0 aliphatic heterocycles. The average molecular weight is 318 g/mol. The highest BCUT2D eigenvalue weighted by atomic mass is 35.5. The summed E-state index contributed by atoms with van der Waals surface area (Å²) < 4.78 is 23.4. The van der Waals surface area contributed by atoms with Crippen LogP contribution < -0.4 is 5.32 Å². The molecule has 2 unspecified atom stereocenters. The molecule has 0 aromatic heterocycles. The number of nitrogens with one attached hydrogen (secondary N) is 1. The van der Waals surface area contributed by atoms with Crippen molar-refractivity contribution in [3.63, 3.8) is 0 Å². The Morgan fingerprint density at radius 1 is 1.15 bits per heavy atom. The third-order valence-electron chi connectivity index (χ3n) is 3.30. The maximum atomic E-state index is 11.7. The number of rotatable bonds is 7. The van der Waals surface area contributed by atoms with Crippen molar-refractivity contribution in [2.24, 2.45) is 5.92 Å². The highest BCUT2D eigenvalue weighted by Gasteiger charge is 2.21.